The molecule has 2 N–H and O–H groups in total. The first-order chi connectivity index (χ1) is 18.6. The first kappa shape index (κ1) is 32.1. The van der Waals surface area contributed by atoms with E-state index in [-0.39, 0.29) is 63.1 Å². The molecule has 0 atom stereocenters. The van der Waals surface area contributed by atoms with Crippen LogP contribution in [0.5, 0.6) is 5.75 Å². The van der Waals surface area contributed by atoms with Crippen LogP contribution >= 0.6 is 0 Å². The number of benzene rings is 4. The molecule has 0 unspecified atom stereocenters. The Labute approximate surface area is 255 Å². The second kappa shape index (κ2) is 11.8. The van der Waals surface area contributed by atoms with Gasteiger partial charge in [0.25, 0.3) is 15.7 Å². The Morgan fingerprint density at radius 1 is 0.829 bits per heavy atom. The van der Waals surface area contributed by atoms with E-state index in [2.05, 4.69) is 15.0 Å². The summed E-state index contributed by atoms with van der Waals surface area (Å²) in [4.78, 5) is 8.57. The molecule has 41 heavy (non-hydrogen) atoms. The molecule has 0 amide bonds. The van der Waals surface area contributed by atoms with Crippen LogP contribution in [0.2, 0.25) is 0 Å². The molecule has 4 aromatic carbocycles. The second-order valence-corrected chi connectivity index (χ2v) is 13.3. The van der Waals surface area contributed by atoms with Gasteiger partial charge in [0.05, 0.1) is 26.1 Å². The van der Waals surface area contributed by atoms with Crippen LogP contribution in [0.3, 0.4) is 0 Å². The smallest absolute Gasteiger partial charge is 0.744 e. The van der Waals surface area contributed by atoms with Crippen molar-refractivity contribution >= 4 is 63.5 Å². The molecule has 0 radical (unpaired) electrons. The van der Waals surface area contributed by atoms with E-state index in [1.807, 2.05) is 0 Å². The summed E-state index contributed by atoms with van der Waals surface area (Å²) in [6.07, 6.45) is 0.834. The third kappa shape index (κ3) is 7.07. The van der Waals surface area contributed by atoms with Crippen LogP contribution in [0.25, 0.3) is 10.8 Å². The van der Waals surface area contributed by atoms with Crippen LogP contribution in [0, 0.1) is 10.1 Å². The number of phenolic OH excluding ortho intramolecular Hbond substituents is 1. The number of sulfone groups is 1. The molecule has 4 rings (SSSR count). The number of non-ortho nitro benzene ring substituents is 1. The predicted molar refractivity (Wildman–Crippen MR) is 141 cm³/mol. The standard InChI is InChI=1S/C23H18N4O10S3.Na/c1-38(31,32)22-12-14(27(29)30)8-9-18(22)24-25-19-10-11-21(28)17-6-3-7-20(23(17)19)26-39(33,34)15-4-2-5-16(13-15)40(35,36)37;/h2-13,26,28H,1H3,(H,35,36,37);/q;+1/p-1/b25-24+;. The van der Waals surface area contributed by atoms with Crippen LogP contribution in [-0.2, 0) is 30.0 Å². The van der Waals surface area contributed by atoms with Gasteiger partial charge in [-0.05, 0) is 42.5 Å². The van der Waals surface area contributed by atoms with Gasteiger partial charge in [-0.15, -0.1) is 10.2 Å². The molecule has 0 heterocycles. The van der Waals surface area contributed by atoms with Gasteiger partial charge < -0.3 is 9.66 Å². The van der Waals surface area contributed by atoms with E-state index >= 15 is 0 Å². The maximum Gasteiger partial charge on any atom is 1.00 e. The fourth-order valence-electron chi connectivity index (χ4n) is 3.65. The van der Waals surface area contributed by atoms with Crippen molar-refractivity contribution in [1.82, 2.24) is 0 Å². The molecule has 14 nitrogen and oxygen atoms in total. The molecule has 208 valence electrons. The average molecular weight is 629 g/mol. The summed E-state index contributed by atoms with van der Waals surface area (Å²) in [5.74, 6) is -0.262. The Hall–Kier alpha value is -3.45. The van der Waals surface area contributed by atoms with Crippen molar-refractivity contribution in [2.24, 2.45) is 10.2 Å². The van der Waals surface area contributed by atoms with Crippen molar-refractivity contribution in [3.05, 3.63) is 82.9 Å². The number of rotatable bonds is 8. The van der Waals surface area contributed by atoms with E-state index in [0.717, 1.165) is 42.7 Å². The summed E-state index contributed by atoms with van der Waals surface area (Å²) < 4.78 is 87.0. The molecule has 0 fully saturated rings. The van der Waals surface area contributed by atoms with E-state index < -0.39 is 55.3 Å². The van der Waals surface area contributed by atoms with Crippen molar-refractivity contribution in [3.8, 4) is 5.75 Å². The van der Waals surface area contributed by atoms with Crippen LogP contribution in [0.1, 0.15) is 0 Å². The topological polar surface area (TPSA) is 226 Å². The maximum atomic E-state index is 13.1. The molecule has 18 heteroatoms. The number of nitrogens with zero attached hydrogens (tertiary/aromatic N) is 3. The molecular formula is C23H17N4NaO10S3. The van der Waals surface area contributed by atoms with Gasteiger partial charge >= 0.3 is 29.6 Å². The Morgan fingerprint density at radius 2 is 1.44 bits per heavy atom. The number of hydrogen-bond donors (Lipinski definition) is 2. The SMILES string of the molecule is CS(=O)(=O)c1cc([N+](=O)[O-])ccc1/N=N/c1ccc(O)c2cccc(NS(=O)(=O)c3cccc(S(=O)(=O)[O-])c3)c12.[Na+]. The van der Waals surface area contributed by atoms with Gasteiger partial charge in [-0.1, -0.05) is 18.2 Å². The van der Waals surface area contributed by atoms with Crippen LogP contribution in [0.4, 0.5) is 22.7 Å². The fraction of sp³-hybridized carbons (Fsp3) is 0.0435. The number of nitro benzene ring substituents is 1. The van der Waals surface area contributed by atoms with Crippen LogP contribution < -0.4 is 34.3 Å². The minimum absolute atomic E-state index is 0. The maximum absolute atomic E-state index is 13.1. The van der Waals surface area contributed by atoms with Crippen molar-refractivity contribution in [2.75, 3.05) is 11.0 Å². The Bertz CT molecular complexity index is 2050. The minimum atomic E-state index is -4.94. The van der Waals surface area contributed by atoms with Crippen LogP contribution in [0.15, 0.2) is 97.7 Å². The normalized spacial score (nSPS) is 12.2. The zero-order valence-electron chi connectivity index (χ0n) is 21.1. The summed E-state index contributed by atoms with van der Waals surface area (Å²) in [5, 5.41) is 29.6. The first-order valence-corrected chi connectivity index (χ1v) is 15.6. The molecule has 0 aliphatic heterocycles. The van der Waals surface area contributed by atoms with Gasteiger partial charge in [0.2, 0.25) is 0 Å². The summed E-state index contributed by atoms with van der Waals surface area (Å²) >= 11 is 0. The summed E-state index contributed by atoms with van der Waals surface area (Å²) in [6.45, 7) is 0. The zero-order valence-corrected chi connectivity index (χ0v) is 25.6. The number of fused-ring (bicyclic) bond motifs is 1. The summed E-state index contributed by atoms with van der Waals surface area (Å²) in [6, 6.07) is 13.4. The van der Waals surface area contributed by atoms with Gasteiger partial charge in [-0.2, -0.15) is 0 Å². The molecule has 0 aromatic heterocycles. The van der Waals surface area contributed by atoms with Crippen molar-refractivity contribution < 1.29 is 69.4 Å². The largest absolute Gasteiger partial charge is 1.00 e. The fourth-order valence-corrected chi connectivity index (χ4v) is 6.18. The minimum Gasteiger partial charge on any atom is -0.744 e. The molecule has 0 saturated carbocycles. The monoisotopic (exact) mass is 628 g/mol. The van der Waals surface area contributed by atoms with E-state index in [4.69, 9.17) is 0 Å². The third-order valence-corrected chi connectivity index (χ3v) is 8.78. The molecule has 0 bridgehead atoms. The molecular weight excluding hydrogens is 611 g/mol. The Balaban J connectivity index is 0.00000462. The number of hydrogen-bond acceptors (Lipinski definition) is 12. The van der Waals surface area contributed by atoms with Crippen molar-refractivity contribution in [1.29, 1.82) is 0 Å². The molecule has 0 spiro atoms. The number of azo groups is 1. The second-order valence-electron chi connectivity index (χ2n) is 8.25. The van der Waals surface area contributed by atoms with Gasteiger partial charge in [0.1, 0.15) is 26.5 Å². The zero-order chi connectivity index (χ0) is 29.5. The van der Waals surface area contributed by atoms with Crippen LogP contribution in [-0.4, -0.2) is 46.1 Å². The first-order valence-electron chi connectivity index (χ1n) is 10.8. The van der Waals surface area contributed by atoms with Gasteiger partial charge in [-0.25, -0.2) is 25.3 Å². The predicted octanol–water partition coefficient (Wildman–Crippen LogP) is 0.981. The quantitative estimate of drug-likeness (QED) is 0.0924. The van der Waals surface area contributed by atoms with E-state index in [9.17, 15) is 45.0 Å². The van der Waals surface area contributed by atoms with Gasteiger partial charge in [0.15, 0.2) is 9.84 Å². The summed E-state index contributed by atoms with van der Waals surface area (Å²) in [5.41, 5.74) is -0.868. The number of nitro groups is 1. The number of aromatic hydroxyl groups is 1. The summed E-state index contributed by atoms with van der Waals surface area (Å²) in [7, 11) is -13.4. The number of phenols is 1. The van der Waals surface area contributed by atoms with Crippen molar-refractivity contribution in [2.45, 2.75) is 14.7 Å². The van der Waals surface area contributed by atoms with E-state index in [1.165, 1.54) is 30.3 Å². The van der Waals surface area contributed by atoms with E-state index in [1.54, 1.807) is 0 Å². The third-order valence-electron chi connectivity index (χ3n) is 5.46. The number of anilines is 1. The Morgan fingerprint density at radius 3 is 2.07 bits per heavy atom. The number of sulfonamides is 1. The molecule has 0 aliphatic carbocycles. The Kier molecular flexibility index (Phi) is 9.23. The number of nitrogens with one attached hydrogen (secondary N) is 1. The van der Waals surface area contributed by atoms with E-state index in [0.29, 0.717) is 6.07 Å². The molecule has 0 aliphatic rings. The van der Waals surface area contributed by atoms with Crippen molar-refractivity contribution in [3.63, 3.8) is 0 Å². The van der Waals surface area contributed by atoms with Gasteiger partial charge in [-0.3, -0.25) is 14.8 Å². The average Bonchev–Trinajstić information content (AvgIpc) is 2.87. The molecule has 4 aromatic rings. The van der Waals surface area contributed by atoms with Gasteiger partial charge in [0, 0.05) is 29.2 Å². The molecule has 0 saturated heterocycles.